The van der Waals surface area contributed by atoms with Gasteiger partial charge in [-0.15, -0.1) is 0 Å². The number of methoxy groups -OCH3 is 1. The monoisotopic (exact) mass is 324 g/mol. The van der Waals surface area contributed by atoms with Crippen molar-refractivity contribution < 1.29 is 49.6 Å². The van der Waals surface area contributed by atoms with E-state index in [2.05, 4.69) is 4.74 Å². The molecule has 0 amide bonds. The molecule has 0 saturated carbocycles. The molecule has 6 N–H and O–H groups in total. The van der Waals surface area contributed by atoms with E-state index < -0.39 is 61.4 Å². The molecule has 1 heterocycles. The van der Waals surface area contributed by atoms with Crippen molar-refractivity contribution in [3.63, 3.8) is 0 Å². The quantitative estimate of drug-likeness (QED) is 0.170. The average molecular weight is 324 g/mol. The second-order valence-electron chi connectivity index (χ2n) is 4.56. The van der Waals surface area contributed by atoms with Gasteiger partial charge in [-0.05, 0) is 0 Å². The van der Waals surface area contributed by atoms with Crippen molar-refractivity contribution in [3.05, 3.63) is 11.5 Å². The number of esters is 1. The highest BCUT2D eigenvalue weighted by molar-refractivity contribution is 5.86. The van der Waals surface area contributed by atoms with Gasteiger partial charge in [-0.2, -0.15) is 0 Å². The summed E-state index contributed by atoms with van der Waals surface area (Å²) in [4.78, 5) is 11.6. The average Bonchev–Trinajstić information content (AvgIpc) is 2.51. The third-order valence-electron chi connectivity index (χ3n) is 3.06. The van der Waals surface area contributed by atoms with Crippen LogP contribution in [-0.4, -0.2) is 87.6 Å². The molecule has 22 heavy (non-hydrogen) atoms. The van der Waals surface area contributed by atoms with Crippen LogP contribution in [-0.2, 0) is 19.0 Å². The lowest BCUT2D eigenvalue weighted by atomic mass is 9.99. The summed E-state index contributed by atoms with van der Waals surface area (Å²) >= 11 is 0. The molecule has 0 aromatic carbocycles. The van der Waals surface area contributed by atoms with E-state index in [1.165, 1.54) is 0 Å². The number of ether oxygens (including phenoxy) is 3. The lowest BCUT2D eigenvalue weighted by Crippen LogP contribution is -2.59. The van der Waals surface area contributed by atoms with Crippen LogP contribution in [0, 0.1) is 0 Å². The Morgan fingerprint density at radius 1 is 1.14 bits per heavy atom. The SMILES string of the molecule is COC(=O)/C(OC1OC(CO)C(O)C(O)C1O)=C(/O)CCO. The third kappa shape index (κ3) is 4.06. The smallest absolute Gasteiger partial charge is 0.377 e. The van der Waals surface area contributed by atoms with Crippen molar-refractivity contribution in [1.29, 1.82) is 0 Å². The Hall–Kier alpha value is -1.43. The number of aliphatic hydroxyl groups excluding tert-OH is 6. The van der Waals surface area contributed by atoms with Crippen LogP contribution in [0.3, 0.4) is 0 Å². The fraction of sp³-hybridized carbons (Fsp3) is 0.750. The van der Waals surface area contributed by atoms with Crippen molar-refractivity contribution in [2.45, 2.75) is 37.1 Å². The Labute approximate surface area is 125 Å². The molecule has 1 saturated heterocycles. The standard InChI is InChI=1S/C12H20O10/c1-20-11(19)10(5(15)2-3-13)22-12-9(18)8(17)7(16)6(4-14)21-12/h6-9,12-18H,2-4H2,1H3/b10-5-. The van der Waals surface area contributed by atoms with Gasteiger partial charge in [0.1, 0.15) is 30.2 Å². The zero-order chi connectivity index (χ0) is 16.9. The minimum absolute atomic E-state index is 0.318. The summed E-state index contributed by atoms with van der Waals surface area (Å²) in [6, 6.07) is 0. The first-order valence-electron chi connectivity index (χ1n) is 6.45. The van der Waals surface area contributed by atoms with E-state index in [9.17, 15) is 25.2 Å². The molecule has 1 aliphatic rings. The lowest BCUT2D eigenvalue weighted by Gasteiger charge is -2.39. The van der Waals surface area contributed by atoms with E-state index in [0.29, 0.717) is 0 Å². The van der Waals surface area contributed by atoms with Crippen molar-refractivity contribution in [2.24, 2.45) is 0 Å². The lowest BCUT2D eigenvalue weighted by molar-refractivity contribution is -0.292. The van der Waals surface area contributed by atoms with Crippen molar-refractivity contribution in [3.8, 4) is 0 Å². The molecule has 1 aliphatic heterocycles. The van der Waals surface area contributed by atoms with Crippen LogP contribution in [0.4, 0.5) is 0 Å². The van der Waals surface area contributed by atoms with Gasteiger partial charge in [0.25, 0.3) is 0 Å². The molecule has 1 rings (SSSR count). The summed E-state index contributed by atoms with van der Waals surface area (Å²) in [7, 11) is 1.02. The van der Waals surface area contributed by atoms with Crippen LogP contribution in [0.1, 0.15) is 6.42 Å². The predicted octanol–water partition coefficient (Wildman–Crippen LogP) is -2.87. The van der Waals surface area contributed by atoms with Gasteiger partial charge in [-0.1, -0.05) is 0 Å². The molecular formula is C12H20O10. The second kappa shape index (κ2) is 8.27. The van der Waals surface area contributed by atoms with Crippen LogP contribution in [0.15, 0.2) is 11.5 Å². The first-order valence-corrected chi connectivity index (χ1v) is 6.45. The van der Waals surface area contributed by atoms with Crippen molar-refractivity contribution in [2.75, 3.05) is 20.3 Å². The highest BCUT2D eigenvalue weighted by Crippen LogP contribution is 2.25. The zero-order valence-corrected chi connectivity index (χ0v) is 11.8. The maximum Gasteiger partial charge on any atom is 0.377 e. The highest BCUT2D eigenvalue weighted by atomic mass is 16.7. The van der Waals surface area contributed by atoms with Crippen LogP contribution >= 0.6 is 0 Å². The predicted molar refractivity (Wildman–Crippen MR) is 68.2 cm³/mol. The minimum atomic E-state index is -1.75. The van der Waals surface area contributed by atoms with Crippen molar-refractivity contribution in [1.82, 2.24) is 0 Å². The topological polar surface area (TPSA) is 166 Å². The summed E-state index contributed by atoms with van der Waals surface area (Å²) in [6.45, 7) is -1.16. The van der Waals surface area contributed by atoms with E-state index in [0.717, 1.165) is 7.11 Å². The largest absolute Gasteiger partial charge is 0.508 e. The number of carbonyl (C=O) groups excluding carboxylic acids is 1. The molecule has 0 aliphatic carbocycles. The molecule has 5 unspecified atom stereocenters. The zero-order valence-electron chi connectivity index (χ0n) is 11.8. The molecule has 1 fully saturated rings. The molecule has 0 aromatic heterocycles. The molecule has 128 valence electrons. The Balaban J connectivity index is 2.97. The number of rotatable bonds is 6. The summed E-state index contributed by atoms with van der Waals surface area (Å²) < 4.78 is 14.4. The van der Waals surface area contributed by atoms with Gasteiger partial charge in [0, 0.05) is 6.42 Å². The van der Waals surface area contributed by atoms with Gasteiger partial charge in [0.2, 0.25) is 12.0 Å². The third-order valence-corrected chi connectivity index (χ3v) is 3.06. The summed E-state index contributed by atoms with van der Waals surface area (Å²) in [5.74, 6) is -2.46. The summed E-state index contributed by atoms with van der Waals surface area (Å²) in [5.41, 5.74) is 0. The van der Waals surface area contributed by atoms with E-state index in [-0.39, 0.29) is 6.42 Å². The number of aliphatic hydroxyl groups is 6. The Bertz CT molecular complexity index is 407. The van der Waals surface area contributed by atoms with Gasteiger partial charge < -0.3 is 44.8 Å². The minimum Gasteiger partial charge on any atom is -0.508 e. The Morgan fingerprint density at radius 3 is 2.27 bits per heavy atom. The van der Waals surface area contributed by atoms with Crippen molar-refractivity contribution >= 4 is 5.97 Å². The Morgan fingerprint density at radius 2 is 1.77 bits per heavy atom. The van der Waals surface area contributed by atoms with Gasteiger partial charge in [0.15, 0.2) is 0 Å². The number of carbonyl (C=O) groups is 1. The van der Waals surface area contributed by atoms with Gasteiger partial charge in [-0.3, -0.25) is 0 Å². The highest BCUT2D eigenvalue weighted by Gasteiger charge is 2.45. The number of hydrogen-bond acceptors (Lipinski definition) is 10. The van der Waals surface area contributed by atoms with Crippen LogP contribution in [0.2, 0.25) is 0 Å². The molecule has 5 atom stereocenters. The molecule has 0 bridgehead atoms. The molecule has 0 aromatic rings. The van der Waals surface area contributed by atoms with Crippen LogP contribution in [0.25, 0.3) is 0 Å². The first-order chi connectivity index (χ1) is 10.4. The normalized spacial score (nSPS) is 33.1. The van der Waals surface area contributed by atoms with E-state index in [4.69, 9.17) is 19.7 Å². The van der Waals surface area contributed by atoms with Crippen LogP contribution < -0.4 is 0 Å². The molecule has 10 nitrogen and oxygen atoms in total. The summed E-state index contributed by atoms with van der Waals surface area (Å²) in [5, 5.41) is 56.5. The van der Waals surface area contributed by atoms with Gasteiger partial charge >= 0.3 is 5.97 Å². The maximum absolute atomic E-state index is 11.6. The summed E-state index contributed by atoms with van der Waals surface area (Å²) in [6.07, 6.45) is -8.24. The van der Waals surface area contributed by atoms with E-state index in [1.54, 1.807) is 0 Å². The molecular weight excluding hydrogens is 304 g/mol. The Kier molecular flexibility index (Phi) is 7.00. The van der Waals surface area contributed by atoms with Gasteiger partial charge in [0.05, 0.1) is 20.3 Å². The fourth-order valence-corrected chi connectivity index (χ4v) is 1.83. The van der Waals surface area contributed by atoms with Crippen LogP contribution in [0.5, 0.6) is 0 Å². The first kappa shape index (κ1) is 18.6. The number of hydrogen-bond donors (Lipinski definition) is 6. The second-order valence-corrected chi connectivity index (χ2v) is 4.56. The fourth-order valence-electron chi connectivity index (χ4n) is 1.83. The maximum atomic E-state index is 11.6. The van der Waals surface area contributed by atoms with E-state index in [1.807, 2.05) is 0 Å². The van der Waals surface area contributed by atoms with Gasteiger partial charge in [-0.25, -0.2) is 4.79 Å². The molecule has 10 heteroatoms. The molecule has 0 spiro atoms. The molecule has 0 radical (unpaired) electrons. The van der Waals surface area contributed by atoms with E-state index >= 15 is 0 Å².